The Morgan fingerprint density at radius 2 is 0.662 bits per heavy atom. The molecule has 0 N–H and O–H groups in total. The van der Waals surface area contributed by atoms with E-state index >= 15 is 0 Å². The van der Waals surface area contributed by atoms with Gasteiger partial charge in [0.25, 0.3) is 0 Å². The summed E-state index contributed by atoms with van der Waals surface area (Å²) < 4.78 is 4.71. The van der Waals surface area contributed by atoms with E-state index in [1.165, 1.54) is 32.3 Å². The maximum absolute atomic E-state index is 5.41. The number of hydrogen-bond acceptors (Lipinski definition) is 3. The summed E-state index contributed by atoms with van der Waals surface area (Å²) >= 11 is 0. The molecule has 0 bridgehead atoms. The van der Waals surface area contributed by atoms with Gasteiger partial charge in [-0.05, 0) is 84.9 Å². The predicted octanol–water partition coefficient (Wildman–Crippen LogP) is 16.2. The first-order chi connectivity index (χ1) is 33.7. The van der Waals surface area contributed by atoms with E-state index in [2.05, 4.69) is 234 Å². The average molecular weight is 866 g/mol. The molecule has 5 nitrogen and oxygen atoms in total. The fourth-order valence-corrected chi connectivity index (χ4v) is 10.6. The molecule has 14 rings (SSSR count). The number of para-hydroxylation sites is 2. The normalized spacial score (nSPS) is 11.8. The standard InChI is InChI=1S/C63H39N5/c1-3-15-40(16-4-1)42-27-31-44(32-28-42)61-64-62(45-33-29-43(30-34-45)41-17-5-2-6-18-41)66-63(65-61)68-56-25-13-11-23-52(56)53-37-38-58-59(60(53)68)54-24-12-14-26-57(54)67(58)46-35-36-51-49-21-8-7-19-47(49)48-20-9-10-22-50(48)55(51)39-46/h1-39H. The van der Waals surface area contributed by atoms with E-state index in [9.17, 15) is 0 Å². The van der Waals surface area contributed by atoms with Crippen molar-refractivity contribution in [3.63, 3.8) is 0 Å². The molecular weight excluding hydrogens is 827 g/mol. The van der Waals surface area contributed by atoms with Gasteiger partial charge in [0.15, 0.2) is 11.6 Å². The lowest BCUT2D eigenvalue weighted by Crippen LogP contribution is -2.06. The summed E-state index contributed by atoms with van der Waals surface area (Å²) in [7, 11) is 0. The summed E-state index contributed by atoms with van der Waals surface area (Å²) in [5, 5.41) is 12.1. The van der Waals surface area contributed by atoms with Crippen LogP contribution in [0.1, 0.15) is 0 Å². The molecule has 0 spiro atoms. The van der Waals surface area contributed by atoms with Crippen LogP contribution >= 0.6 is 0 Å². The van der Waals surface area contributed by atoms with Gasteiger partial charge in [0.05, 0.1) is 22.1 Å². The highest BCUT2D eigenvalue weighted by Gasteiger charge is 2.24. The van der Waals surface area contributed by atoms with Gasteiger partial charge >= 0.3 is 0 Å². The van der Waals surface area contributed by atoms with Crippen LogP contribution in [0.25, 0.3) is 133 Å². The summed E-state index contributed by atoms with van der Waals surface area (Å²) in [5.41, 5.74) is 11.8. The Kier molecular flexibility index (Phi) is 8.52. The Balaban J connectivity index is 1.03. The number of aromatic nitrogens is 5. The molecule has 3 heterocycles. The average Bonchev–Trinajstić information content (AvgIpc) is 3.94. The van der Waals surface area contributed by atoms with Crippen molar-refractivity contribution in [3.05, 3.63) is 237 Å². The molecule has 3 aromatic heterocycles. The van der Waals surface area contributed by atoms with Crippen LogP contribution in [0, 0.1) is 0 Å². The zero-order valence-corrected chi connectivity index (χ0v) is 36.8. The Morgan fingerprint density at radius 1 is 0.250 bits per heavy atom. The molecule has 5 heteroatoms. The second kappa shape index (κ2) is 15.2. The minimum Gasteiger partial charge on any atom is -0.309 e. The minimum absolute atomic E-state index is 0.559. The van der Waals surface area contributed by atoms with Gasteiger partial charge in [0, 0.05) is 38.4 Å². The third-order valence-corrected chi connectivity index (χ3v) is 13.8. The number of nitrogens with zero attached hydrogens (tertiary/aromatic N) is 5. The van der Waals surface area contributed by atoms with Gasteiger partial charge in [0.1, 0.15) is 0 Å². The summed E-state index contributed by atoms with van der Waals surface area (Å²) in [4.78, 5) is 16.1. The first kappa shape index (κ1) is 38.1. The van der Waals surface area contributed by atoms with Crippen molar-refractivity contribution in [2.24, 2.45) is 0 Å². The van der Waals surface area contributed by atoms with E-state index < -0.39 is 0 Å². The van der Waals surface area contributed by atoms with Crippen LogP contribution in [0.2, 0.25) is 0 Å². The summed E-state index contributed by atoms with van der Waals surface area (Å²) in [6.07, 6.45) is 0. The Labute approximate surface area is 391 Å². The van der Waals surface area contributed by atoms with Crippen LogP contribution < -0.4 is 0 Å². The van der Waals surface area contributed by atoms with Crippen LogP contribution in [0.4, 0.5) is 0 Å². The molecule has 0 radical (unpaired) electrons. The van der Waals surface area contributed by atoms with Crippen LogP contribution in [-0.4, -0.2) is 24.1 Å². The SMILES string of the molecule is c1ccc(-c2ccc(-c3nc(-c4ccc(-c5ccccc5)cc4)nc(-n4c5ccccc5c5ccc6c(c7ccccc7n6-c6ccc7c8ccccc8c8ccccc8c7c6)c54)n3)cc2)cc1. The predicted molar refractivity (Wildman–Crippen MR) is 283 cm³/mol. The minimum atomic E-state index is 0.559. The lowest BCUT2D eigenvalue weighted by atomic mass is 9.94. The molecule has 0 aliphatic heterocycles. The molecule has 0 saturated heterocycles. The van der Waals surface area contributed by atoms with E-state index in [4.69, 9.17) is 15.0 Å². The zero-order valence-electron chi connectivity index (χ0n) is 36.8. The van der Waals surface area contributed by atoms with Crippen LogP contribution in [-0.2, 0) is 0 Å². The Bertz CT molecular complexity index is 4150. The van der Waals surface area contributed by atoms with Crippen LogP contribution in [0.5, 0.6) is 0 Å². The number of benzene rings is 11. The molecule has 14 aromatic rings. The monoisotopic (exact) mass is 865 g/mol. The zero-order chi connectivity index (χ0) is 44.7. The second-order valence-electron chi connectivity index (χ2n) is 17.6. The second-order valence-corrected chi connectivity index (χ2v) is 17.6. The molecule has 0 aliphatic rings. The lowest BCUT2D eigenvalue weighted by Gasteiger charge is -2.14. The molecule has 68 heavy (non-hydrogen) atoms. The summed E-state index contributed by atoms with van der Waals surface area (Å²) in [5.74, 6) is 1.77. The third kappa shape index (κ3) is 5.93. The van der Waals surface area contributed by atoms with Gasteiger partial charge in [-0.15, -0.1) is 0 Å². The van der Waals surface area contributed by atoms with Gasteiger partial charge in [-0.1, -0.05) is 206 Å². The number of hydrogen-bond donors (Lipinski definition) is 0. The van der Waals surface area contributed by atoms with E-state index in [-0.39, 0.29) is 0 Å². The third-order valence-electron chi connectivity index (χ3n) is 13.8. The fourth-order valence-electron chi connectivity index (χ4n) is 10.6. The first-order valence-corrected chi connectivity index (χ1v) is 23.1. The Morgan fingerprint density at radius 3 is 1.22 bits per heavy atom. The van der Waals surface area contributed by atoms with Crippen LogP contribution in [0.3, 0.4) is 0 Å². The molecule has 0 atom stereocenters. The van der Waals surface area contributed by atoms with Crippen molar-refractivity contribution in [1.29, 1.82) is 0 Å². The molecular formula is C63H39N5. The highest BCUT2D eigenvalue weighted by Crippen LogP contribution is 2.43. The number of rotatable bonds is 6. The van der Waals surface area contributed by atoms with Gasteiger partial charge in [0.2, 0.25) is 5.95 Å². The molecule has 11 aromatic carbocycles. The molecule has 0 saturated carbocycles. The number of fused-ring (bicyclic) bond motifs is 13. The van der Waals surface area contributed by atoms with Crippen molar-refractivity contribution in [3.8, 4) is 56.7 Å². The van der Waals surface area contributed by atoms with E-state index in [1.54, 1.807) is 0 Å². The lowest BCUT2D eigenvalue weighted by molar-refractivity contribution is 0.955. The van der Waals surface area contributed by atoms with Gasteiger partial charge in [-0.25, -0.2) is 4.98 Å². The van der Waals surface area contributed by atoms with Crippen LogP contribution in [0.15, 0.2) is 237 Å². The van der Waals surface area contributed by atoms with Gasteiger partial charge in [-0.2, -0.15) is 9.97 Å². The van der Waals surface area contributed by atoms with Crippen molar-refractivity contribution in [2.75, 3.05) is 0 Å². The fraction of sp³-hybridized carbons (Fsp3) is 0. The van der Waals surface area contributed by atoms with Gasteiger partial charge < -0.3 is 4.57 Å². The summed E-state index contributed by atoms with van der Waals surface area (Å²) in [6.45, 7) is 0. The van der Waals surface area contributed by atoms with E-state index in [0.717, 1.165) is 82.7 Å². The maximum atomic E-state index is 5.41. The summed E-state index contributed by atoms with van der Waals surface area (Å²) in [6, 6.07) is 84.6. The molecule has 0 amide bonds. The highest BCUT2D eigenvalue weighted by molar-refractivity contribution is 6.27. The molecule has 0 fully saturated rings. The molecule has 0 aliphatic carbocycles. The molecule has 316 valence electrons. The van der Waals surface area contributed by atoms with E-state index in [1.807, 2.05) is 12.1 Å². The highest BCUT2D eigenvalue weighted by atomic mass is 15.2. The Hall–Kier alpha value is -9.19. The van der Waals surface area contributed by atoms with Crippen molar-refractivity contribution < 1.29 is 0 Å². The van der Waals surface area contributed by atoms with Crippen molar-refractivity contribution in [1.82, 2.24) is 24.1 Å². The largest absolute Gasteiger partial charge is 0.309 e. The first-order valence-electron chi connectivity index (χ1n) is 23.1. The van der Waals surface area contributed by atoms with Gasteiger partial charge in [-0.3, -0.25) is 4.57 Å². The smallest absolute Gasteiger partial charge is 0.238 e. The van der Waals surface area contributed by atoms with Crippen molar-refractivity contribution >= 4 is 75.9 Å². The van der Waals surface area contributed by atoms with Crippen molar-refractivity contribution in [2.45, 2.75) is 0 Å². The van der Waals surface area contributed by atoms with E-state index in [0.29, 0.717) is 17.6 Å². The topological polar surface area (TPSA) is 48.5 Å². The quantitative estimate of drug-likeness (QED) is 0.156. The molecule has 0 unspecified atom stereocenters. The maximum Gasteiger partial charge on any atom is 0.238 e.